The van der Waals surface area contributed by atoms with E-state index in [2.05, 4.69) is 10.3 Å². The lowest BCUT2D eigenvalue weighted by Gasteiger charge is -2.21. The predicted octanol–water partition coefficient (Wildman–Crippen LogP) is 0.770. The van der Waals surface area contributed by atoms with E-state index in [-0.39, 0.29) is 6.04 Å². The van der Waals surface area contributed by atoms with Crippen LogP contribution in [0.15, 0.2) is 18.2 Å². The van der Waals surface area contributed by atoms with Crippen LogP contribution < -0.4 is 20.7 Å². The van der Waals surface area contributed by atoms with Crippen LogP contribution in [-0.4, -0.2) is 39.8 Å². The normalized spacial score (nSPS) is 12.6. The number of hydrogen-bond donors (Lipinski definition) is 2. The molecule has 1 aromatic rings. The third-order valence-electron chi connectivity index (χ3n) is 2.56. The first-order valence-electron chi connectivity index (χ1n) is 5.45. The second kappa shape index (κ2) is 6.44. The zero-order valence-electron chi connectivity index (χ0n) is 10.9. The van der Waals surface area contributed by atoms with E-state index in [9.17, 15) is 0 Å². The minimum Gasteiger partial charge on any atom is -0.493 e. The smallest absolute Gasteiger partial charge is 0.161 e. The summed E-state index contributed by atoms with van der Waals surface area (Å²) in [5, 5.41) is 0. The number of nitrogens with two attached hydrogens (primary N) is 1. The van der Waals surface area contributed by atoms with Crippen molar-refractivity contribution < 1.29 is 9.47 Å². The van der Waals surface area contributed by atoms with Crippen LogP contribution in [0, 0.1) is 0 Å². The number of hydrazine groups is 1. The van der Waals surface area contributed by atoms with Gasteiger partial charge in [0.2, 0.25) is 0 Å². The molecule has 0 saturated carbocycles. The van der Waals surface area contributed by atoms with E-state index >= 15 is 0 Å². The first kappa shape index (κ1) is 13.8. The van der Waals surface area contributed by atoms with Crippen molar-refractivity contribution in [2.45, 2.75) is 6.04 Å². The molecule has 3 N–H and O–H groups in total. The minimum absolute atomic E-state index is 0.0600. The standard InChI is InChI=1S/C12H21N3O2/c1-15(2)8-10(14-13)9-5-6-11(16-3)12(7-9)17-4/h5-7,10,14H,8,13H2,1-4H3. The molecule has 0 amide bonds. The molecule has 96 valence electrons. The Hall–Kier alpha value is -1.30. The van der Waals surface area contributed by atoms with Gasteiger partial charge in [0, 0.05) is 6.54 Å². The van der Waals surface area contributed by atoms with Gasteiger partial charge in [-0.3, -0.25) is 11.3 Å². The van der Waals surface area contributed by atoms with Crippen molar-refractivity contribution >= 4 is 0 Å². The number of nitrogens with one attached hydrogen (secondary N) is 1. The second-order valence-corrected chi connectivity index (χ2v) is 4.10. The Morgan fingerprint density at radius 1 is 1.24 bits per heavy atom. The second-order valence-electron chi connectivity index (χ2n) is 4.10. The molecule has 1 rings (SSSR count). The molecule has 1 aromatic carbocycles. The van der Waals surface area contributed by atoms with Crippen molar-refractivity contribution in [3.05, 3.63) is 23.8 Å². The van der Waals surface area contributed by atoms with E-state index in [4.69, 9.17) is 15.3 Å². The molecule has 1 atom stereocenters. The van der Waals surface area contributed by atoms with E-state index in [1.54, 1.807) is 14.2 Å². The summed E-state index contributed by atoms with van der Waals surface area (Å²) in [6.45, 7) is 0.811. The number of methoxy groups -OCH3 is 2. The maximum Gasteiger partial charge on any atom is 0.161 e. The monoisotopic (exact) mass is 239 g/mol. The number of likely N-dealkylation sites (N-methyl/N-ethyl adjacent to an activating group) is 1. The van der Waals surface area contributed by atoms with Gasteiger partial charge in [0.05, 0.1) is 20.3 Å². The van der Waals surface area contributed by atoms with Crippen LogP contribution in [0.2, 0.25) is 0 Å². The van der Waals surface area contributed by atoms with Crippen LogP contribution in [0.4, 0.5) is 0 Å². The molecule has 5 nitrogen and oxygen atoms in total. The fourth-order valence-corrected chi connectivity index (χ4v) is 1.69. The molecule has 17 heavy (non-hydrogen) atoms. The molecular weight excluding hydrogens is 218 g/mol. The largest absolute Gasteiger partial charge is 0.493 e. The van der Waals surface area contributed by atoms with E-state index in [1.807, 2.05) is 32.3 Å². The highest BCUT2D eigenvalue weighted by molar-refractivity contribution is 5.43. The predicted molar refractivity (Wildman–Crippen MR) is 68.2 cm³/mol. The number of benzene rings is 1. The van der Waals surface area contributed by atoms with E-state index in [1.165, 1.54) is 0 Å². The Morgan fingerprint density at radius 3 is 2.35 bits per heavy atom. The van der Waals surface area contributed by atoms with Gasteiger partial charge in [0.25, 0.3) is 0 Å². The fourth-order valence-electron chi connectivity index (χ4n) is 1.69. The molecule has 0 radical (unpaired) electrons. The number of rotatable bonds is 6. The van der Waals surface area contributed by atoms with Gasteiger partial charge in [-0.25, -0.2) is 0 Å². The summed E-state index contributed by atoms with van der Waals surface area (Å²) in [6.07, 6.45) is 0. The lowest BCUT2D eigenvalue weighted by Crippen LogP contribution is -2.35. The van der Waals surface area contributed by atoms with E-state index in [0.717, 1.165) is 17.9 Å². The first-order chi connectivity index (χ1) is 8.12. The summed E-state index contributed by atoms with van der Waals surface area (Å²) in [7, 11) is 7.25. The van der Waals surface area contributed by atoms with Crippen LogP contribution in [-0.2, 0) is 0 Å². The van der Waals surface area contributed by atoms with Gasteiger partial charge in [-0.05, 0) is 31.8 Å². The molecule has 0 aliphatic rings. The highest BCUT2D eigenvalue weighted by Crippen LogP contribution is 2.29. The highest BCUT2D eigenvalue weighted by Gasteiger charge is 2.13. The number of nitrogens with zero attached hydrogens (tertiary/aromatic N) is 1. The summed E-state index contributed by atoms with van der Waals surface area (Å²) in [5.41, 5.74) is 3.87. The Labute approximate surface area is 102 Å². The fraction of sp³-hybridized carbons (Fsp3) is 0.500. The molecule has 0 saturated heterocycles. The first-order valence-corrected chi connectivity index (χ1v) is 5.45. The molecule has 0 aliphatic carbocycles. The van der Waals surface area contributed by atoms with Gasteiger partial charge in [0.15, 0.2) is 11.5 Å². The zero-order chi connectivity index (χ0) is 12.8. The zero-order valence-corrected chi connectivity index (χ0v) is 10.9. The minimum atomic E-state index is 0.0600. The SMILES string of the molecule is COc1ccc(C(CN(C)C)NN)cc1OC. The lowest BCUT2D eigenvalue weighted by molar-refractivity contribution is 0.338. The Balaban J connectivity index is 2.96. The van der Waals surface area contributed by atoms with Gasteiger partial charge >= 0.3 is 0 Å². The Kier molecular flexibility index (Phi) is 5.21. The molecule has 0 aliphatic heterocycles. The summed E-state index contributed by atoms with van der Waals surface area (Å²) in [6, 6.07) is 5.86. The van der Waals surface area contributed by atoms with Crippen LogP contribution in [0.25, 0.3) is 0 Å². The molecule has 1 unspecified atom stereocenters. The summed E-state index contributed by atoms with van der Waals surface area (Å²) in [4.78, 5) is 2.07. The maximum atomic E-state index is 5.57. The third-order valence-corrected chi connectivity index (χ3v) is 2.56. The molecule has 0 spiro atoms. The van der Waals surface area contributed by atoms with Gasteiger partial charge < -0.3 is 14.4 Å². The molecule has 0 bridgehead atoms. The maximum absolute atomic E-state index is 5.57. The lowest BCUT2D eigenvalue weighted by atomic mass is 10.1. The van der Waals surface area contributed by atoms with E-state index in [0.29, 0.717) is 5.75 Å². The Bertz CT molecular complexity index is 356. The van der Waals surface area contributed by atoms with Gasteiger partial charge in [-0.1, -0.05) is 6.07 Å². The molecule has 0 aromatic heterocycles. The molecule has 0 fully saturated rings. The van der Waals surface area contributed by atoms with Crippen LogP contribution in [0.5, 0.6) is 11.5 Å². The van der Waals surface area contributed by atoms with Crippen molar-refractivity contribution in [1.82, 2.24) is 10.3 Å². The van der Waals surface area contributed by atoms with Crippen molar-refractivity contribution in [2.24, 2.45) is 5.84 Å². The summed E-state index contributed by atoms with van der Waals surface area (Å²) in [5.74, 6) is 7.00. The van der Waals surface area contributed by atoms with Crippen LogP contribution in [0.3, 0.4) is 0 Å². The van der Waals surface area contributed by atoms with Crippen molar-refractivity contribution in [2.75, 3.05) is 34.9 Å². The third kappa shape index (κ3) is 3.59. The molecule has 5 heteroatoms. The average molecular weight is 239 g/mol. The quantitative estimate of drug-likeness (QED) is 0.567. The van der Waals surface area contributed by atoms with Crippen molar-refractivity contribution in [3.8, 4) is 11.5 Å². The molecular formula is C12H21N3O2. The number of ether oxygens (including phenoxy) is 2. The average Bonchev–Trinajstić information content (AvgIpc) is 2.34. The van der Waals surface area contributed by atoms with Gasteiger partial charge in [-0.15, -0.1) is 0 Å². The number of hydrogen-bond acceptors (Lipinski definition) is 5. The highest BCUT2D eigenvalue weighted by atomic mass is 16.5. The topological polar surface area (TPSA) is 59.8 Å². The van der Waals surface area contributed by atoms with Crippen LogP contribution in [0.1, 0.15) is 11.6 Å². The van der Waals surface area contributed by atoms with Crippen molar-refractivity contribution in [1.29, 1.82) is 0 Å². The van der Waals surface area contributed by atoms with Gasteiger partial charge in [-0.2, -0.15) is 0 Å². The summed E-state index contributed by atoms with van der Waals surface area (Å²) >= 11 is 0. The Morgan fingerprint density at radius 2 is 1.88 bits per heavy atom. The van der Waals surface area contributed by atoms with Gasteiger partial charge in [0.1, 0.15) is 0 Å². The van der Waals surface area contributed by atoms with Crippen LogP contribution >= 0.6 is 0 Å². The van der Waals surface area contributed by atoms with E-state index < -0.39 is 0 Å². The van der Waals surface area contributed by atoms with Crippen molar-refractivity contribution in [3.63, 3.8) is 0 Å². The summed E-state index contributed by atoms with van der Waals surface area (Å²) < 4.78 is 10.5. The molecule has 0 heterocycles.